The van der Waals surface area contributed by atoms with Gasteiger partial charge in [-0.3, -0.25) is 15.1 Å². The summed E-state index contributed by atoms with van der Waals surface area (Å²) in [6.07, 6.45) is 5.90. The number of amides is 1. The van der Waals surface area contributed by atoms with Gasteiger partial charge >= 0.3 is 6.09 Å². The van der Waals surface area contributed by atoms with Crippen LogP contribution in [0.3, 0.4) is 0 Å². The molecule has 0 aliphatic heterocycles. The molecular formula is C24H17N5O3S. The van der Waals surface area contributed by atoms with Crippen molar-refractivity contribution < 1.29 is 14.3 Å². The Kier molecular flexibility index (Phi) is 5.61. The first-order valence-corrected chi connectivity index (χ1v) is 10.9. The minimum atomic E-state index is -0.563. The summed E-state index contributed by atoms with van der Waals surface area (Å²) in [4.78, 5) is 34.0. The number of ketones is 1. The zero-order chi connectivity index (χ0) is 22.6. The number of fused-ring (bicyclic) bond motifs is 1. The van der Waals surface area contributed by atoms with E-state index >= 15 is 0 Å². The first-order chi connectivity index (χ1) is 16.2. The van der Waals surface area contributed by atoms with Crippen LogP contribution in [-0.4, -0.2) is 31.5 Å². The third-order valence-corrected chi connectivity index (χ3v) is 5.78. The van der Waals surface area contributed by atoms with Crippen molar-refractivity contribution in [2.75, 3.05) is 5.32 Å². The molecule has 0 saturated carbocycles. The van der Waals surface area contributed by atoms with Gasteiger partial charge in [-0.15, -0.1) is 11.3 Å². The van der Waals surface area contributed by atoms with Crippen LogP contribution in [0.4, 0.5) is 10.5 Å². The highest BCUT2D eigenvalue weighted by molar-refractivity contribution is 7.12. The molecule has 0 atom stereocenters. The number of hydrogen-bond acceptors (Lipinski definition) is 7. The highest BCUT2D eigenvalue weighted by Gasteiger charge is 2.18. The molecule has 0 fully saturated rings. The van der Waals surface area contributed by atoms with Crippen LogP contribution in [0.1, 0.15) is 20.8 Å². The Hall–Kier alpha value is -4.37. The second-order valence-corrected chi connectivity index (χ2v) is 8.02. The Labute approximate surface area is 192 Å². The van der Waals surface area contributed by atoms with E-state index in [1.165, 1.54) is 17.5 Å². The number of ether oxygens (including phenoxy) is 1. The number of thiophene rings is 1. The number of nitrogens with one attached hydrogen (secondary N) is 1. The number of nitrogens with zero attached hydrogens (tertiary/aromatic N) is 4. The summed E-state index contributed by atoms with van der Waals surface area (Å²) in [7, 11) is 0. The molecule has 9 heteroatoms. The van der Waals surface area contributed by atoms with Crippen molar-refractivity contribution in [1.29, 1.82) is 0 Å². The van der Waals surface area contributed by atoms with Crippen LogP contribution >= 0.6 is 11.3 Å². The van der Waals surface area contributed by atoms with Crippen LogP contribution in [0, 0.1) is 0 Å². The van der Waals surface area contributed by atoms with Crippen molar-refractivity contribution in [3.63, 3.8) is 0 Å². The van der Waals surface area contributed by atoms with Crippen LogP contribution in [0.5, 0.6) is 0 Å². The van der Waals surface area contributed by atoms with Crippen molar-refractivity contribution in [2.24, 2.45) is 0 Å². The molecule has 4 aromatic heterocycles. The van der Waals surface area contributed by atoms with E-state index in [0.29, 0.717) is 21.8 Å². The Morgan fingerprint density at radius 2 is 1.91 bits per heavy atom. The molecule has 5 rings (SSSR count). The first kappa shape index (κ1) is 20.5. The van der Waals surface area contributed by atoms with Gasteiger partial charge in [-0.1, -0.05) is 18.2 Å². The summed E-state index contributed by atoms with van der Waals surface area (Å²) in [5, 5.41) is 9.00. The normalized spacial score (nSPS) is 10.8. The van der Waals surface area contributed by atoms with Gasteiger partial charge in [0, 0.05) is 29.8 Å². The fourth-order valence-electron chi connectivity index (χ4n) is 3.35. The van der Waals surface area contributed by atoms with E-state index in [2.05, 4.69) is 20.4 Å². The van der Waals surface area contributed by atoms with E-state index in [4.69, 9.17) is 4.74 Å². The number of hydrogen-bond donors (Lipinski definition) is 1. The van der Waals surface area contributed by atoms with Crippen LogP contribution in [-0.2, 0) is 11.3 Å². The maximum atomic E-state index is 12.8. The monoisotopic (exact) mass is 455 g/mol. The van der Waals surface area contributed by atoms with Gasteiger partial charge in [-0.05, 0) is 47.3 Å². The van der Waals surface area contributed by atoms with Crippen molar-refractivity contribution in [1.82, 2.24) is 19.6 Å². The van der Waals surface area contributed by atoms with Gasteiger partial charge in [0.05, 0.1) is 22.3 Å². The van der Waals surface area contributed by atoms with E-state index in [9.17, 15) is 9.59 Å². The summed E-state index contributed by atoms with van der Waals surface area (Å²) >= 11 is 1.38. The largest absolute Gasteiger partial charge is 0.444 e. The average Bonchev–Trinajstić information content (AvgIpc) is 3.54. The minimum absolute atomic E-state index is 0.114. The zero-order valence-corrected chi connectivity index (χ0v) is 18.0. The summed E-state index contributed by atoms with van der Waals surface area (Å²) in [6.45, 7) is 0.146. The lowest BCUT2D eigenvalue weighted by atomic mass is 10.1. The predicted molar refractivity (Wildman–Crippen MR) is 124 cm³/mol. The minimum Gasteiger partial charge on any atom is -0.444 e. The summed E-state index contributed by atoms with van der Waals surface area (Å²) in [6, 6.07) is 16.3. The summed E-state index contributed by atoms with van der Waals surface area (Å²) in [5.41, 5.74) is 3.86. The molecule has 0 saturated heterocycles. The molecule has 1 amide bonds. The lowest BCUT2D eigenvalue weighted by Gasteiger charge is -2.09. The molecule has 0 spiro atoms. The third kappa shape index (κ3) is 4.35. The third-order valence-electron chi connectivity index (χ3n) is 4.91. The highest BCUT2D eigenvalue weighted by atomic mass is 32.1. The van der Waals surface area contributed by atoms with Gasteiger partial charge in [-0.25, -0.2) is 14.3 Å². The van der Waals surface area contributed by atoms with E-state index in [1.54, 1.807) is 53.4 Å². The van der Waals surface area contributed by atoms with Crippen molar-refractivity contribution in [2.45, 2.75) is 6.61 Å². The number of benzene rings is 1. The molecule has 0 unspecified atom stereocenters. The highest BCUT2D eigenvalue weighted by Crippen LogP contribution is 2.25. The van der Waals surface area contributed by atoms with Crippen molar-refractivity contribution >= 4 is 34.5 Å². The van der Waals surface area contributed by atoms with Crippen LogP contribution < -0.4 is 5.32 Å². The molecule has 33 heavy (non-hydrogen) atoms. The van der Waals surface area contributed by atoms with Gasteiger partial charge < -0.3 is 4.74 Å². The Morgan fingerprint density at radius 1 is 1.03 bits per heavy atom. The molecule has 0 bridgehead atoms. The van der Waals surface area contributed by atoms with Crippen LogP contribution in [0.2, 0.25) is 0 Å². The number of aromatic nitrogens is 4. The SMILES string of the molecule is O=C(Nc1cccc(-c2ccnc3c(C(=O)c4cccs4)cnn23)c1)OCc1ccncc1. The Balaban J connectivity index is 1.38. The lowest BCUT2D eigenvalue weighted by Crippen LogP contribution is -2.13. The predicted octanol–water partition coefficient (Wildman–Crippen LogP) is 4.83. The Morgan fingerprint density at radius 3 is 2.73 bits per heavy atom. The van der Waals surface area contributed by atoms with Crippen molar-refractivity contribution in [3.8, 4) is 11.3 Å². The number of carbonyl (C=O) groups excluding carboxylic acids is 2. The summed E-state index contributed by atoms with van der Waals surface area (Å²) in [5.74, 6) is -0.114. The van der Waals surface area contributed by atoms with E-state index in [1.807, 2.05) is 29.6 Å². The summed E-state index contributed by atoms with van der Waals surface area (Å²) < 4.78 is 6.90. The number of pyridine rings is 1. The number of anilines is 1. The van der Waals surface area contributed by atoms with E-state index < -0.39 is 6.09 Å². The first-order valence-electron chi connectivity index (χ1n) is 10.0. The quantitative estimate of drug-likeness (QED) is 0.368. The lowest BCUT2D eigenvalue weighted by molar-refractivity contribution is 0.104. The Bertz CT molecular complexity index is 1430. The van der Waals surface area contributed by atoms with Crippen LogP contribution in [0.15, 0.2) is 84.8 Å². The van der Waals surface area contributed by atoms with Crippen molar-refractivity contribution in [3.05, 3.63) is 101 Å². The molecule has 1 aromatic carbocycles. The molecular weight excluding hydrogens is 438 g/mol. The van der Waals surface area contributed by atoms with E-state index in [-0.39, 0.29) is 12.4 Å². The molecule has 0 aliphatic rings. The van der Waals surface area contributed by atoms with Gasteiger partial charge in [0.2, 0.25) is 5.78 Å². The molecule has 0 radical (unpaired) electrons. The maximum absolute atomic E-state index is 12.8. The zero-order valence-electron chi connectivity index (χ0n) is 17.2. The molecule has 0 aliphatic carbocycles. The van der Waals surface area contributed by atoms with E-state index in [0.717, 1.165) is 16.8 Å². The van der Waals surface area contributed by atoms with Gasteiger partial charge in [0.25, 0.3) is 0 Å². The smallest absolute Gasteiger partial charge is 0.411 e. The standard InChI is InChI=1S/C24H17N5O3S/c30-22(21-5-2-12-33-21)19-14-27-29-20(8-11-26-23(19)29)17-3-1-4-18(13-17)28-24(31)32-15-16-6-9-25-10-7-16/h1-14H,15H2,(H,28,31). The molecule has 8 nitrogen and oxygen atoms in total. The van der Waals surface area contributed by atoms with Gasteiger partial charge in [-0.2, -0.15) is 5.10 Å². The average molecular weight is 455 g/mol. The number of carbonyl (C=O) groups is 2. The maximum Gasteiger partial charge on any atom is 0.411 e. The van der Waals surface area contributed by atoms with Crippen LogP contribution in [0.25, 0.3) is 16.9 Å². The fraction of sp³-hybridized carbons (Fsp3) is 0.0417. The fourth-order valence-corrected chi connectivity index (χ4v) is 4.03. The molecule has 162 valence electrons. The second kappa shape index (κ2) is 9.01. The number of rotatable bonds is 6. The molecule has 4 heterocycles. The molecule has 5 aromatic rings. The molecule has 1 N–H and O–H groups in total. The van der Waals surface area contributed by atoms with Gasteiger partial charge in [0.15, 0.2) is 5.65 Å². The second-order valence-electron chi connectivity index (χ2n) is 7.07. The topological polar surface area (TPSA) is 98.5 Å². The van der Waals surface area contributed by atoms with Gasteiger partial charge in [0.1, 0.15) is 6.61 Å².